The van der Waals surface area contributed by atoms with Crippen LogP contribution in [-0.4, -0.2) is 52.9 Å². The van der Waals surface area contributed by atoms with Gasteiger partial charge in [0.05, 0.1) is 6.10 Å². The molecule has 1 heterocycles. The molecule has 0 bridgehead atoms. The van der Waals surface area contributed by atoms with Crippen LogP contribution in [0.1, 0.15) is 37.7 Å². The molecule has 0 radical (unpaired) electrons. The molecular weight excluding hydrogens is 256 g/mol. The van der Waals surface area contributed by atoms with E-state index in [0.717, 1.165) is 0 Å². The van der Waals surface area contributed by atoms with E-state index < -0.39 is 6.10 Å². The van der Waals surface area contributed by atoms with Gasteiger partial charge in [-0.05, 0) is 24.0 Å². The van der Waals surface area contributed by atoms with Gasteiger partial charge >= 0.3 is 0 Å². The number of aliphatic hydroxyl groups excluding tert-OH is 1. The monoisotopic (exact) mass is 280 g/mol. The van der Waals surface area contributed by atoms with Crippen LogP contribution in [0.25, 0.3) is 0 Å². The lowest BCUT2D eigenvalue weighted by molar-refractivity contribution is 0.0820. The normalized spacial score (nSPS) is 12.9. The summed E-state index contributed by atoms with van der Waals surface area (Å²) in [5.41, 5.74) is 0.380. The fraction of sp³-hybridized carbons (Fsp3) is 0.643. The van der Waals surface area contributed by atoms with Gasteiger partial charge in [0.1, 0.15) is 5.82 Å². The number of nitrogens with one attached hydrogen (secondary N) is 1. The van der Waals surface area contributed by atoms with Gasteiger partial charge in [-0.15, -0.1) is 10.2 Å². The van der Waals surface area contributed by atoms with E-state index in [2.05, 4.69) is 36.3 Å². The van der Waals surface area contributed by atoms with Crippen molar-refractivity contribution in [3.05, 3.63) is 17.8 Å². The second kappa shape index (κ2) is 6.65. The Balaban J connectivity index is 2.52. The Bertz CT molecular complexity index is 437. The van der Waals surface area contributed by atoms with Gasteiger partial charge in [0.25, 0.3) is 5.91 Å². The second-order valence-electron chi connectivity index (χ2n) is 6.30. The van der Waals surface area contributed by atoms with Crippen molar-refractivity contribution in [2.24, 2.45) is 5.41 Å². The summed E-state index contributed by atoms with van der Waals surface area (Å²) in [5.74, 6) is 0.366. The van der Waals surface area contributed by atoms with E-state index in [1.807, 2.05) is 0 Å². The van der Waals surface area contributed by atoms with Crippen molar-refractivity contribution in [1.82, 2.24) is 15.1 Å². The first-order chi connectivity index (χ1) is 9.19. The molecule has 0 aliphatic carbocycles. The van der Waals surface area contributed by atoms with E-state index >= 15 is 0 Å². The average Bonchev–Trinajstić information content (AvgIpc) is 2.34. The summed E-state index contributed by atoms with van der Waals surface area (Å²) in [7, 11) is 3.33. The third-order valence-corrected chi connectivity index (χ3v) is 2.66. The van der Waals surface area contributed by atoms with Crippen LogP contribution in [0.3, 0.4) is 0 Å². The van der Waals surface area contributed by atoms with Gasteiger partial charge in [0.2, 0.25) is 0 Å². The van der Waals surface area contributed by atoms with E-state index in [-0.39, 0.29) is 11.3 Å². The van der Waals surface area contributed by atoms with Crippen LogP contribution in [0.4, 0.5) is 5.82 Å². The van der Waals surface area contributed by atoms with Crippen LogP contribution in [0.15, 0.2) is 12.1 Å². The third kappa shape index (κ3) is 5.52. The topological polar surface area (TPSA) is 78.4 Å². The molecule has 0 saturated heterocycles. The molecule has 6 heteroatoms. The van der Waals surface area contributed by atoms with E-state index in [1.165, 1.54) is 4.90 Å². The molecule has 1 aromatic rings. The number of aromatic nitrogens is 2. The zero-order valence-corrected chi connectivity index (χ0v) is 12.8. The van der Waals surface area contributed by atoms with Gasteiger partial charge < -0.3 is 15.3 Å². The summed E-state index contributed by atoms with van der Waals surface area (Å²) in [6.07, 6.45) is 0.254. The second-order valence-corrected chi connectivity index (χ2v) is 6.30. The highest BCUT2D eigenvalue weighted by atomic mass is 16.3. The summed E-state index contributed by atoms with van der Waals surface area (Å²) in [6, 6.07) is 3.31. The quantitative estimate of drug-likeness (QED) is 0.852. The molecule has 112 valence electrons. The zero-order valence-electron chi connectivity index (χ0n) is 12.8. The number of rotatable bonds is 5. The van der Waals surface area contributed by atoms with Crippen LogP contribution in [0.2, 0.25) is 0 Å². The average molecular weight is 280 g/mol. The Labute approximate surface area is 120 Å². The standard InChI is InChI=1S/C14H24N4O2/c1-14(2,3)8-10(19)9-15-12-7-6-11(16-17-12)13(20)18(4)5/h6-7,10,19H,8-9H2,1-5H3,(H,15,17). The lowest BCUT2D eigenvalue weighted by Gasteiger charge is -2.22. The maximum absolute atomic E-state index is 11.6. The van der Waals surface area contributed by atoms with Crippen molar-refractivity contribution in [2.45, 2.75) is 33.3 Å². The Hall–Kier alpha value is -1.69. The first kappa shape index (κ1) is 16.4. The number of hydrogen-bond acceptors (Lipinski definition) is 5. The Morgan fingerprint density at radius 1 is 1.35 bits per heavy atom. The van der Waals surface area contributed by atoms with Gasteiger partial charge in [-0.25, -0.2) is 0 Å². The first-order valence-corrected chi connectivity index (χ1v) is 6.66. The molecule has 0 spiro atoms. The van der Waals surface area contributed by atoms with E-state index in [0.29, 0.717) is 24.5 Å². The first-order valence-electron chi connectivity index (χ1n) is 6.66. The lowest BCUT2D eigenvalue weighted by atomic mass is 9.89. The minimum atomic E-state index is -0.445. The molecule has 1 aromatic heterocycles. The van der Waals surface area contributed by atoms with Crippen LogP contribution < -0.4 is 5.32 Å². The van der Waals surface area contributed by atoms with Crippen molar-refractivity contribution < 1.29 is 9.90 Å². The molecule has 1 rings (SSSR count). The summed E-state index contributed by atoms with van der Waals surface area (Å²) in [5, 5.41) is 20.7. The highest BCUT2D eigenvalue weighted by Gasteiger charge is 2.16. The van der Waals surface area contributed by atoms with Gasteiger partial charge in [0, 0.05) is 20.6 Å². The fourth-order valence-corrected chi connectivity index (χ4v) is 1.77. The predicted molar refractivity (Wildman–Crippen MR) is 78.6 cm³/mol. The fourth-order valence-electron chi connectivity index (χ4n) is 1.77. The zero-order chi connectivity index (χ0) is 15.3. The molecule has 1 amide bonds. The Morgan fingerprint density at radius 3 is 2.45 bits per heavy atom. The number of nitrogens with zero attached hydrogens (tertiary/aromatic N) is 3. The molecule has 20 heavy (non-hydrogen) atoms. The summed E-state index contributed by atoms with van der Waals surface area (Å²) >= 11 is 0. The van der Waals surface area contributed by atoms with E-state index in [9.17, 15) is 9.90 Å². The molecule has 2 N–H and O–H groups in total. The van der Waals surface area contributed by atoms with Gasteiger partial charge in [-0.3, -0.25) is 4.79 Å². The van der Waals surface area contributed by atoms with Crippen molar-refractivity contribution in [3.63, 3.8) is 0 Å². The summed E-state index contributed by atoms with van der Waals surface area (Å²) < 4.78 is 0. The largest absolute Gasteiger partial charge is 0.391 e. The smallest absolute Gasteiger partial charge is 0.273 e. The van der Waals surface area contributed by atoms with Crippen molar-refractivity contribution >= 4 is 11.7 Å². The maximum atomic E-state index is 11.6. The molecule has 1 atom stereocenters. The van der Waals surface area contributed by atoms with Crippen LogP contribution in [0, 0.1) is 5.41 Å². The highest BCUT2D eigenvalue weighted by molar-refractivity contribution is 5.91. The Kier molecular flexibility index (Phi) is 5.44. The lowest BCUT2D eigenvalue weighted by Crippen LogP contribution is -2.26. The van der Waals surface area contributed by atoms with Crippen LogP contribution in [0.5, 0.6) is 0 Å². The summed E-state index contributed by atoms with van der Waals surface area (Å²) in [6.45, 7) is 6.65. The number of anilines is 1. The van der Waals surface area contributed by atoms with E-state index in [4.69, 9.17) is 0 Å². The predicted octanol–water partition coefficient (Wildman–Crippen LogP) is 1.39. The molecular formula is C14H24N4O2. The van der Waals surface area contributed by atoms with Gasteiger partial charge in [-0.2, -0.15) is 0 Å². The number of carbonyl (C=O) groups is 1. The molecule has 6 nitrogen and oxygen atoms in total. The molecule has 1 unspecified atom stereocenters. The Morgan fingerprint density at radius 2 is 2.00 bits per heavy atom. The van der Waals surface area contributed by atoms with Crippen LogP contribution in [-0.2, 0) is 0 Å². The number of carbonyl (C=O) groups excluding carboxylic acids is 1. The van der Waals surface area contributed by atoms with Crippen molar-refractivity contribution in [2.75, 3.05) is 26.0 Å². The third-order valence-electron chi connectivity index (χ3n) is 2.66. The van der Waals surface area contributed by atoms with E-state index in [1.54, 1.807) is 26.2 Å². The van der Waals surface area contributed by atoms with Crippen molar-refractivity contribution in [1.29, 1.82) is 0 Å². The number of amides is 1. The molecule has 0 aromatic carbocycles. The number of hydrogen-bond donors (Lipinski definition) is 2. The molecule has 0 saturated carbocycles. The minimum absolute atomic E-state index is 0.0781. The molecule has 0 fully saturated rings. The number of aliphatic hydroxyl groups is 1. The molecule has 0 aliphatic heterocycles. The minimum Gasteiger partial charge on any atom is -0.391 e. The maximum Gasteiger partial charge on any atom is 0.273 e. The van der Waals surface area contributed by atoms with Crippen LogP contribution >= 0.6 is 0 Å². The van der Waals surface area contributed by atoms with Gasteiger partial charge in [0.15, 0.2) is 5.69 Å². The SMILES string of the molecule is CN(C)C(=O)c1ccc(NCC(O)CC(C)(C)C)nn1. The molecule has 0 aliphatic rings. The summed E-state index contributed by atoms with van der Waals surface area (Å²) in [4.78, 5) is 13.1. The highest BCUT2D eigenvalue weighted by Crippen LogP contribution is 2.20. The van der Waals surface area contributed by atoms with Gasteiger partial charge in [-0.1, -0.05) is 20.8 Å². The van der Waals surface area contributed by atoms with Crippen molar-refractivity contribution in [3.8, 4) is 0 Å².